The van der Waals surface area contributed by atoms with Gasteiger partial charge in [0.25, 0.3) is 0 Å². The van der Waals surface area contributed by atoms with Crippen molar-refractivity contribution in [2.24, 2.45) is 0 Å². The van der Waals surface area contributed by atoms with Crippen LogP contribution in [0.2, 0.25) is 0 Å². The Labute approximate surface area is 181 Å². The molecule has 0 aromatic heterocycles. The van der Waals surface area contributed by atoms with Crippen LogP contribution in [-0.2, 0) is 20.7 Å². The van der Waals surface area contributed by atoms with Gasteiger partial charge in [0.05, 0.1) is 12.1 Å². The van der Waals surface area contributed by atoms with Crippen molar-refractivity contribution in [3.8, 4) is 0 Å². The molecule has 7 nitrogen and oxygen atoms in total. The number of benzene rings is 1. The van der Waals surface area contributed by atoms with Gasteiger partial charge in [0, 0.05) is 38.3 Å². The number of hydrogen-bond acceptors (Lipinski definition) is 5. The minimum absolute atomic E-state index is 0.000305. The molecule has 0 bridgehead atoms. The number of amides is 2. The average molecular weight is 442 g/mol. The maximum Gasteiger partial charge on any atom is 0.240 e. The van der Waals surface area contributed by atoms with Crippen molar-refractivity contribution in [3.05, 3.63) is 35.4 Å². The fourth-order valence-electron chi connectivity index (χ4n) is 3.63. The number of β-amino-alcohol motifs (C(OH)–C–C–N with tert-alkyl or cyclic N) is 1. The molecular weight excluding hydrogens is 408 g/mol. The maximum atomic E-state index is 13.5. The Hall–Kier alpha value is -2.10. The van der Waals surface area contributed by atoms with Gasteiger partial charge in [0.2, 0.25) is 11.8 Å². The number of carbonyl (C=O) groups is 2. The SMILES string of the molecule is CC(=O)N[C@@H](Cc1cc(F)cc(F)c1)[C@H](O)CNC1(C(=O)NC(C)(C)C)CCOCC1. The van der Waals surface area contributed by atoms with E-state index in [0.717, 1.165) is 18.2 Å². The average Bonchev–Trinajstić information content (AvgIpc) is 2.64. The van der Waals surface area contributed by atoms with E-state index in [0.29, 0.717) is 31.6 Å². The number of aliphatic hydroxyl groups is 1. The quantitative estimate of drug-likeness (QED) is 0.489. The van der Waals surface area contributed by atoms with E-state index >= 15 is 0 Å². The van der Waals surface area contributed by atoms with Crippen molar-refractivity contribution in [1.82, 2.24) is 16.0 Å². The van der Waals surface area contributed by atoms with Gasteiger partial charge in [-0.25, -0.2) is 8.78 Å². The molecule has 1 fully saturated rings. The Balaban J connectivity index is 2.13. The number of carbonyl (C=O) groups excluding carboxylic acids is 2. The monoisotopic (exact) mass is 441 g/mol. The molecule has 0 spiro atoms. The van der Waals surface area contributed by atoms with Crippen LogP contribution >= 0.6 is 0 Å². The van der Waals surface area contributed by atoms with E-state index in [4.69, 9.17) is 4.74 Å². The lowest BCUT2D eigenvalue weighted by Crippen LogP contribution is -2.64. The molecule has 1 aromatic rings. The fourth-order valence-corrected chi connectivity index (χ4v) is 3.63. The molecule has 0 aliphatic carbocycles. The zero-order valence-corrected chi connectivity index (χ0v) is 18.6. The minimum Gasteiger partial charge on any atom is -0.390 e. The lowest BCUT2D eigenvalue weighted by atomic mass is 9.87. The van der Waals surface area contributed by atoms with E-state index < -0.39 is 34.9 Å². The van der Waals surface area contributed by atoms with Crippen LogP contribution in [0.15, 0.2) is 18.2 Å². The highest BCUT2D eigenvalue weighted by atomic mass is 19.1. The van der Waals surface area contributed by atoms with Gasteiger partial charge >= 0.3 is 0 Å². The van der Waals surface area contributed by atoms with Crippen molar-refractivity contribution >= 4 is 11.8 Å². The summed E-state index contributed by atoms with van der Waals surface area (Å²) in [6.45, 7) is 7.76. The first kappa shape index (κ1) is 25.2. The molecule has 1 saturated heterocycles. The fraction of sp³-hybridized carbons (Fsp3) is 0.636. The summed E-state index contributed by atoms with van der Waals surface area (Å²) in [6, 6.07) is 2.29. The number of hydrogen-bond donors (Lipinski definition) is 4. The van der Waals surface area contributed by atoms with Crippen LogP contribution in [0.3, 0.4) is 0 Å². The Bertz CT molecular complexity index is 756. The first-order valence-corrected chi connectivity index (χ1v) is 10.5. The lowest BCUT2D eigenvalue weighted by molar-refractivity contribution is -0.133. The second-order valence-corrected chi connectivity index (χ2v) is 9.14. The van der Waals surface area contributed by atoms with E-state index in [1.165, 1.54) is 6.92 Å². The van der Waals surface area contributed by atoms with Crippen molar-refractivity contribution in [2.45, 2.75) is 70.2 Å². The number of halogens is 2. The van der Waals surface area contributed by atoms with E-state index in [-0.39, 0.29) is 24.8 Å². The Kier molecular flexibility index (Phi) is 8.50. The molecule has 2 rings (SSSR count). The molecule has 4 N–H and O–H groups in total. The van der Waals surface area contributed by atoms with Gasteiger partial charge in [-0.3, -0.25) is 9.59 Å². The van der Waals surface area contributed by atoms with Gasteiger partial charge in [0.15, 0.2) is 0 Å². The second kappa shape index (κ2) is 10.5. The lowest BCUT2D eigenvalue weighted by Gasteiger charge is -2.40. The van der Waals surface area contributed by atoms with Crippen molar-refractivity contribution < 1.29 is 28.2 Å². The van der Waals surface area contributed by atoms with Gasteiger partial charge in [-0.05, 0) is 57.7 Å². The Morgan fingerprint density at radius 2 is 1.74 bits per heavy atom. The summed E-state index contributed by atoms with van der Waals surface area (Å²) >= 11 is 0. The summed E-state index contributed by atoms with van der Waals surface area (Å²) in [5.41, 5.74) is -1.04. The largest absolute Gasteiger partial charge is 0.390 e. The molecule has 9 heteroatoms. The summed E-state index contributed by atoms with van der Waals surface area (Å²) in [5, 5.41) is 19.6. The summed E-state index contributed by atoms with van der Waals surface area (Å²) in [7, 11) is 0. The Morgan fingerprint density at radius 1 is 1.16 bits per heavy atom. The first-order chi connectivity index (χ1) is 14.4. The standard InChI is InChI=1S/C22H33F2N3O4/c1-14(28)26-18(11-15-9-16(23)12-17(24)10-15)19(29)13-25-22(5-7-31-8-6-22)20(30)27-21(2,3)4/h9-10,12,18-19,25,29H,5-8,11,13H2,1-4H3,(H,26,28)(H,27,30)/t18-,19+/m0/s1. The van der Waals surface area contributed by atoms with Crippen molar-refractivity contribution in [3.63, 3.8) is 0 Å². The molecule has 0 radical (unpaired) electrons. The zero-order valence-electron chi connectivity index (χ0n) is 18.6. The molecular formula is C22H33F2N3O4. The number of aliphatic hydroxyl groups excluding tert-OH is 1. The molecule has 1 heterocycles. The van der Waals surface area contributed by atoms with Gasteiger partial charge < -0.3 is 25.8 Å². The van der Waals surface area contributed by atoms with Crippen LogP contribution in [0.5, 0.6) is 0 Å². The molecule has 1 aliphatic rings. The van der Waals surface area contributed by atoms with Crippen LogP contribution < -0.4 is 16.0 Å². The molecule has 2 atom stereocenters. The number of ether oxygens (including phenoxy) is 1. The summed E-state index contributed by atoms with van der Waals surface area (Å²) in [4.78, 5) is 24.6. The predicted molar refractivity (Wildman–Crippen MR) is 112 cm³/mol. The summed E-state index contributed by atoms with van der Waals surface area (Å²) in [5.74, 6) is -2.03. The third-order valence-corrected chi connectivity index (χ3v) is 5.15. The van der Waals surface area contributed by atoms with Gasteiger partial charge in [0.1, 0.15) is 17.2 Å². The first-order valence-electron chi connectivity index (χ1n) is 10.5. The maximum absolute atomic E-state index is 13.5. The van der Waals surface area contributed by atoms with Crippen LogP contribution in [0, 0.1) is 11.6 Å². The third kappa shape index (κ3) is 7.83. The van der Waals surface area contributed by atoms with Crippen LogP contribution in [0.25, 0.3) is 0 Å². The smallest absolute Gasteiger partial charge is 0.240 e. The topological polar surface area (TPSA) is 99.7 Å². The number of rotatable bonds is 8. The van der Waals surface area contributed by atoms with E-state index in [1.807, 2.05) is 20.8 Å². The van der Waals surface area contributed by atoms with E-state index in [9.17, 15) is 23.5 Å². The van der Waals surface area contributed by atoms with Crippen molar-refractivity contribution in [1.29, 1.82) is 0 Å². The molecule has 174 valence electrons. The molecule has 0 saturated carbocycles. The third-order valence-electron chi connectivity index (χ3n) is 5.15. The number of nitrogens with one attached hydrogen (secondary N) is 3. The summed E-state index contributed by atoms with van der Waals surface area (Å²) in [6.07, 6.45) is -0.206. The van der Waals surface area contributed by atoms with Crippen LogP contribution in [-0.4, -0.2) is 59.9 Å². The van der Waals surface area contributed by atoms with E-state index in [1.54, 1.807) is 0 Å². The normalized spacial score (nSPS) is 18.2. The van der Waals surface area contributed by atoms with Crippen molar-refractivity contribution in [2.75, 3.05) is 19.8 Å². The highest BCUT2D eigenvalue weighted by Crippen LogP contribution is 2.23. The molecule has 31 heavy (non-hydrogen) atoms. The van der Waals surface area contributed by atoms with Crippen LogP contribution in [0.4, 0.5) is 8.78 Å². The molecule has 1 aromatic carbocycles. The summed E-state index contributed by atoms with van der Waals surface area (Å²) < 4.78 is 32.5. The predicted octanol–water partition coefficient (Wildman–Crippen LogP) is 1.43. The minimum atomic E-state index is -1.10. The highest BCUT2D eigenvalue weighted by Gasteiger charge is 2.41. The molecule has 0 unspecified atom stereocenters. The van der Waals surface area contributed by atoms with E-state index in [2.05, 4.69) is 16.0 Å². The second-order valence-electron chi connectivity index (χ2n) is 9.14. The van der Waals surface area contributed by atoms with Gasteiger partial charge in [-0.15, -0.1) is 0 Å². The van der Waals surface area contributed by atoms with Gasteiger partial charge in [-0.2, -0.15) is 0 Å². The molecule has 1 aliphatic heterocycles. The molecule has 2 amide bonds. The van der Waals surface area contributed by atoms with Crippen LogP contribution in [0.1, 0.15) is 46.1 Å². The highest BCUT2D eigenvalue weighted by molar-refractivity contribution is 5.87. The Morgan fingerprint density at radius 3 is 2.26 bits per heavy atom. The zero-order chi connectivity index (χ0) is 23.2. The van der Waals surface area contributed by atoms with Gasteiger partial charge in [-0.1, -0.05) is 0 Å².